The molecule has 0 atom stereocenters. The van der Waals surface area contributed by atoms with Gasteiger partial charge in [-0.15, -0.1) is 0 Å². The summed E-state index contributed by atoms with van der Waals surface area (Å²) in [7, 11) is 1.81. The van der Waals surface area contributed by atoms with Gasteiger partial charge in [-0.05, 0) is 36.2 Å². The van der Waals surface area contributed by atoms with Crippen molar-refractivity contribution in [3.63, 3.8) is 0 Å². The third-order valence-corrected chi connectivity index (χ3v) is 4.28. The molecule has 4 nitrogen and oxygen atoms in total. The van der Waals surface area contributed by atoms with Gasteiger partial charge in [0.05, 0.1) is 18.1 Å². The Balaban J connectivity index is 1.73. The number of carbonyl (C=O) groups is 1. The molecule has 24 heavy (non-hydrogen) atoms. The van der Waals surface area contributed by atoms with Crippen molar-refractivity contribution in [2.75, 3.05) is 7.05 Å². The molecule has 4 heteroatoms. The Hall–Kier alpha value is -3.06. The predicted octanol–water partition coefficient (Wildman–Crippen LogP) is 3.55. The number of aromatic amines is 1. The van der Waals surface area contributed by atoms with Crippen LogP contribution in [0.1, 0.15) is 22.4 Å². The van der Waals surface area contributed by atoms with Crippen molar-refractivity contribution in [2.24, 2.45) is 0 Å². The summed E-state index contributed by atoms with van der Waals surface area (Å²) in [6.45, 7) is 2.54. The van der Waals surface area contributed by atoms with Gasteiger partial charge >= 0.3 is 0 Å². The Morgan fingerprint density at radius 2 is 1.88 bits per heavy atom. The lowest BCUT2D eigenvalue weighted by atomic mass is 10.1. The van der Waals surface area contributed by atoms with Crippen LogP contribution in [0.5, 0.6) is 0 Å². The minimum absolute atomic E-state index is 0.0761. The summed E-state index contributed by atoms with van der Waals surface area (Å²) >= 11 is 0. The molecule has 0 bridgehead atoms. The van der Waals surface area contributed by atoms with E-state index in [2.05, 4.69) is 11.1 Å². The maximum Gasteiger partial charge on any atom is 0.227 e. The number of fused-ring (bicyclic) bond motifs is 1. The first-order valence-corrected chi connectivity index (χ1v) is 7.87. The number of nitriles is 1. The highest BCUT2D eigenvalue weighted by Gasteiger charge is 2.15. The molecule has 0 unspecified atom stereocenters. The SMILES string of the molecule is Cc1[nH]c2ccccc2c1CC(=O)N(C)Cc1ccc(C#N)cc1. The number of rotatable bonds is 4. The third-order valence-electron chi connectivity index (χ3n) is 4.28. The molecule has 3 aromatic rings. The quantitative estimate of drug-likeness (QED) is 0.800. The molecule has 1 N–H and O–H groups in total. The molecular weight excluding hydrogens is 298 g/mol. The zero-order valence-corrected chi connectivity index (χ0v) is 13.8. The highest BCUT2D eigenvalue weighted by atomic mass is 16.2. The van der Waals surface area contributed by atoms with Gasteiger partial charge < -0.3 is 9.88 Å². The fourth-order valence-corrected chi connectivity index (χ4v) is 2.90. The van der Waals surface area contributed by atoms with Crippen LogP contribution in [0.15, 0.2) is 48.5 Å². The van der Waals surface area contributed by atoms with E-state index in [0.29, 0.717) is 18.5 Å². The van der Waals surface area contributed by atoms with Crippen LogP contribution < -0.4 is 0 Å². The summed E-state index contributed by atoms with van der Waals surface area (Å²) in [5.74, 6) is 0.0761. The summed E-state index contributed by atoms with van der Waals surface area (Å²) < 4.78 is 0. The largest absolute Gasteiger partial charge is 0.358 e. The van der Waals surface area contributed by atoms with Crippen molar-refractivity contribution in [2.45, 2.75) is 19.9 Å². The molecule has 1 aromatic heterocycles. The molecule has 0 spiro atoms. The smallest absolute Gasteiger partial charge is 0.227 e. The number of amides is 1. The first-order chi connectivity index (χ1) is 11.6. The summed E-state index contributed by atoms with van der Waals surface area (Å²) in [6, 6.07) is 17.5. The Morgan fingerprint density at radius 3 is 2.58 bits per heavy atom. The molecule has 1 heterocycles. The van der Waals surface area contributed by atoms with Crippen LogP contribution in [-0.2, 0) is 17.8 Å². The fourth-order valence-electron chi connectivity index (χ4n) is 2.90. The second-order valence-corrected chi connectivity index (χ2v) is 6.01. The molecular formula is C20H19N3O. The molecule has 2 aromatic carbocycles. The standard InChI is InChI=1S/C20H19N3O/c1-14-18(17-5-3-4-6-19(17)22-14)11-20(24)23(2)13-16-9-7-15(12-21)8-10-16/h3-10,22H,11,13H2,1-2H3. The average Bonchev–Trinajstić information content (AvgIpc) is 2.91. The zero-order valence-electron chi connectivity index (χ0n) is 13.8. The van der Waals surface area contributed by atoms with Crippen molar-refractivity contribution in [1.82, 2.24) is 9.88 Å². The maximum absolute atomic E-state index is 12.6. The van der Waals surface area contributed by atoms with Gasteiger partial charge in [0, 0.05) is 30.2 Å². The number of aryl methyl sites for hydroxylation is 1. The zero-order chi connectivity index (χ0) is 17.1. The number of hydrogen-bond acceptors (Lipinski definition) is 2. The summed E-state index contributed by atoms with van der Waals surface area (Å²) in [4.78, 5) is 17.7. The van der Waals surface area contributed by atoms with Crippen molar-refractivity contribution in [3.8, 4) is 6.07 Å². The van der Waals surface area contributed by atoms with Gasteiger partial charge in [0.2, 0.25) is 5.91 Å². The first-order valence-electron chi connectivity index (χ1n) is 7.87. The monoisotopic (exact) mass is 317 g/mol. The number of hydrogen-bond donors (Lipinski definition) is 1. The van der Waals surface area contributed by atoms with E-state index >= 15 is 0 Å². The van der Waals surface area contributed by atoms with Gasteiger partial charge in [-0.3, -0.25) is 4.79 Å². The Labute approximate surface area is 141 Å². The lowest BCUT2D eigenvalue weighted by Gasteiger charge is -2.17. The second-order valence-electron chi connectivity index (χ2n) is 6.01. The van der Waals surface area contributed by atoms with E-state index in [1.807, 2.05) is 50.4 Å². The van der Waals surface area contributed by atoms with Gasteiger partial charge in [-0.1, -0.05) is 30.3 Å². The Bertz CT molecular complexity index is 916. The van der Waals surface area contributed by atoms with Crippen molar-refractivity contribution >= 4 is 16.8 Å². The van der Waals surface area contributed by atoms with E-state index < -0.39 is 0 Å². The van der Waals surface area contributed by atoms with Crippen molar-refractivity contribution < 1.29 is 4.79 Å². The Morgan fingerprint density at radius 1 is 1.17 bits per heavy atom. The number of para-hydroxylation sites is 1. The minimum atomic E-state index is 0.0761. The van der Waals surface area contributed by atoms with Crippen molar-refractivity contribution in [3.05, 3.63) is 70.9 Å². The third kappa shape index (κ3) is 3.16. The number of carbonyl (C=O) groups excluding carboxylic acids is 1. The normalized spacial score (nSPS) is 10.5. The number of nitrogens with zero attached hydrogens (tertiary/aromatic N) is 2. The predicted molar refractivity (Wildman–Crippen MR) is 94.4 cm³/mol. The Kier molecular flexibility index (Phi) is 4.35. The van der Waals surface area contributed by atoms with Gasteiger partial charge in [-0.2, -0.15) is 5.26 Å². The molecule has 120 valence electrons. The second kappa shape index (κ2) is 6.59. The van der Waals surface area contributed by atoms with Crippen LogP contribution in [0.4, 0.5) is 0 Å². The number of benzene rings is 2. The van der Waals surface area contributed by atoms with Crippen LogP contribution in [0, 0.1) is 18.3 Å². The number of H-pyrrole nitrogens is 1. The first kappa shape index (κ1) is 15.8. The number of likely N-dealkylation sites (N-methyl/N-ethyl adjacent to an activating group) is 1. The average molecular weight is 317 g/mol. The van der Waals surface area contributed by atoms with E-state index in [0.717, 1.165) is 27.7 Å². The molecule has 3 rings (SSSR count). The van der Waals surface area contributed by atoms with E-state index in [9.17, 15) is 4.79 Å². The summed E-state index contributed by atoms with van der Waals surface area (Å²) in [5.41, 5.74) is 4.80. The van der Waals surface area contributed by atoms with Crippen LogP contribution in [-0.4, -0.2) is 22.8 Å². The topological polar surface area (TPSA) is 59.9 Å². The van der Waals surface area contributed by atoms with Crippen LogP contribution >= 0.6 is 0 Å². The van der Waals surface area contributed by atoms with Crippen molar-refractivity contribution in [1.29, 1.82) is 5.26 Å². The molecule has 0 saturated heterocycles. The van der Waals surface area contributed by atoms with E-state index in [1.54, 1.807) is 17.0 Å². The van der Waals surface area contributed by atoms with Gasteiger partial charge in [0.15, 0.2) is 0 Å². The van der Waals surface area contributed by atoms with E-state index in [4.69, 9.17) is 5.26 Å². The molecule has 0 aliphatic rings. The fraction of sp³-hybridized carbons (Fsp3) is 0.200. The highest BCUT2D eigenvalue weighted by molar-refractivity contribution is 5.90. The lowest BCUT2D eigenvalue weighted by molar-refractivity contribution is -0.129. The summed E-state index contributed by atoms with van der Waals surface area (Å²) in [5, 5.41) is 9.94. The van der Waals surface area contributed by atoms with Gasteiger partial charge in [0.25, 0.3) is 0 Å². The molecule has 0 saturated carbocycles. The molecule has 0 aliphatic heterocycles. The molecule has 1 amide bonds. The van der Waals surface area contributed by atoms with Crippen LogP contribution in [0.2, 0.25) is 0 Å². The van der Waals surface area contributed by atoms with Gasteiger partial charge in [-0.25, -0.2) is 0 Å². The van der Waals surface area contributed by atoms with Gasteiger partial charge in [0.1, 0.15) is 0 Å². The van der Waals surface area contributed by atoms with Crippen LogP contribution in [0.25, 0.3) is 10.9 Å². The van der Waals surface area contributed by atoms with Crippen LogP contribution in [0.3, 0.4) is 0 Å². The number of nitrogens with one attached hydrogen (secondary N) is 1. The van der Waals surface area contributed by atoms with E-state index in [-0.39, 0.29) is 5.91 Å². The number of aromatic nitrogens is 1. The highest BCUT2D eigenvalue weighted by Crippen LogP contribution is 2.22. The minimum Gasteiger partial charge on any atom is -0.358 e. The molecule has 0 fully saturated rings. The summed E-state index contributed by atoms with van der Waals surface area (Å²) in [6.07, 6.45) is 0.378. The molecule has 0 aliphatic carbocycles. The lowest BCUT2D eigenvalue weighted by Crippen LogP contribution is -2.27. The molecule has 0 radical (unpaired) electrons. The maximum atomic E-state index is 12.6. The van der Waals surface area contributed by atoms with E-state index in [1.165, 1.54) is 0 Å².